The van der Waals surface area contributed by atoms with Crippen molar-refractivity contribution in [2.24, 2.45) is 0 Å². The number of nitrogens with one attached hydrogen (secondary N) is 1. The summed E-state index contributed by atoms with van der Waals surface area (Å²) in [5, 5.41) is 3.48. The van der Waals surface area contributed by atoms with Crippen LogP contribution in [-0.4, -0.2) is 30.5 Å². The van der Waals surface area contributed by atoms with Crippen LogP contribution in [0.5, 0.6) is 0 Å². The van der Waals surface area contributed by atoms with Crippen LogP contribution in [0.25, 0.3) is 0 Å². The number of hydrogen-bond donors (Lipinski definition) is 2. The van der Waals surface area contributed by atoms with E-state index in [-0.39, 0.29) is 5.91 Å². The molecule has 17 heavy (non-hydrogen) atoms. The third-order valence-electron chi connectivity index (χ3n) is 2.29. The second-order valence-corrected chi connectivity index (χ2v) is 4.36. The largest absolute Gasteiger partial charge is 0.382 e. The van der Waals surface area contributed by atoms with Crippen molar-refractivity contribution in [1.29, 1.82) is 0 Å². The van der Waals surface area contributed by atoms with Crippen LogP contribution in [0.1, 0.15) is 23.5 Å². The highest BCUT2D eigenvalue weighted by Gasteiger charge is 2.17. The molecule has 0 atom stereocenters. The lowest BCUT2D eigenvalue weighted by Crippen LogP contribution is -2.23. The van der Waals surface area contributed by atoms with Gasteiger partial charge in [-0.1, -0.05) is 17.4 Å². The van der Waals surface area contributed by atoms with Crippen molar-refractivity contribution >= 4 is 28.2 Å². The van der Waals surface area contributed by atoms with E-state index in [9.17, 15) is 4.79 Å². The summed E-state index contributed by atoms with van der Waals surface area (Å²) in [4.78, 5) is 18.5. The molecule has 0 aromatic carbocycles. The van der Waals surface area contributed by atoms with Gasteiger partial charge < -0.3 is 16.0 Å². The first kappa shape index (κ1) is 13.5. The topological polar surface area (TPSA) is 71.2 Å². The Kier molecular flexibility index (Phi) is 4.96. The highest BCUT2D eigenvalue weighted by molar-refractivity contribution is 7.18. The van der Waals surface area contributed by atoms with Gasteiger partial charge in [0, 0.05) is 19.6 Å². The van der Waals surface area contributed by atoms with E-state index in [1.54, 1.807) is 6.08 Å². The zero-order valence-corrected chi connectivity index (χ0v) is 11.0. The molecule has 1 rings (SSSR count). The lowest BCUT2D eigenvalue weighted by molar-refractivity contribution is 0.0962. The molecule has 0 fully saturated rings. The third kappa shape index (κ3) is 3.20. The molecule has 6 heteroatoms. The van der Waals surface area contributed by atoms with Crippen LogP contribution in [-0.2, 0) is 0 Å². The number of nitrogens with zero attached hydrogens (tertiary/aromatic N) is 2. The normalized spacial score (nSPS) is 10.0. The average Bonchev–Trinajstić information content (AvgIpc) is 2.70. The molecule has 1 aromatic rings. The molecule has 1 aromatic heterocycles. The molecule has 0 bridgehead atoms. The predicted octanol–water partition coefficient (Wildman–Crippen LogP) is 1.49. The molecule has 0 aliphatic carbocycles. The minimum atomic E-state index is -0.196. The molecule has 5 nitrogen and oxygen atoms in total. The fraction of sp³-hybridized carbons (Fsp3) is 0.455. The minimum Gasteiger partial charge on any atom is -0.382 e. The second kappa shape index (κ2) is 6.24. The summed E-state index contributed by atoms with van der Waals surface area (Å²) < 4.78 is 0. The van der Waals surface area contributed by atoms with E-state index in [2.05, 4.69) is 21.8 Å². The van der Waals surface area contributed by atoms with E-state index in [0.29, 0.717) is 17.2 Å². The number of aromatic nitrogens is 1. The van der Waals surface area contributed by atoms with Crippen LogP contribution in [0, 0.1) is 0 Å². The Labute approximate surface area is 105 Å². The molecule has 0 spiro atoms. The lowest BCUT2D eigenvalue weighted by atomic mass is 10.4. The van der Waals surface area contributed by atoms with Crippen LogP contribution < -0.4 is 16.0 Å². The van der Waals surface area contributed by atoms with Crippen LogP contribution in [0.15, 0.2) is 12.7 Å². The lowest BCUT2D eigenvalue weighted by Gasteiger charge is -2.16. The second-order valence-electron chi connectivity index (χ2n) is 3.38. The Hall–Kier alpha value is -1.56. The maximum Gasteiger partial charge on any atom is 0.265 e. The molecule has 0 aliphatic heterocycles. The van der Waals surface area contributed by atoms with E-state index in [1.165, 1.54) is 11.3 Å². The summed E-state index contributed by atoms with van der Waals surface area (Å²) in [6.45, 7) is 9.74. The number of rotatable bonds is 6. The van der Waals surface area contributed by atoms with Gasteiger partial charge in [-0.25, -0.2) is 4.98 Å². The Morgan fingerprint density at radius 1 is 1.59 bits per heavy atom. The summed E-state index contributed by atoms with van der Waals surface area (Å²) >= 11 is 1.32. The maximum atomic E-state index is 11.7. The first-order valence-corrected chi connectivity index (χ1v) is 6.36. The highest BCUT2D eigenvalue weighted by Crippen LogP contribution is 2.27. The van der Waals surface area contributed by atoms with Gasteiger partial charge in [0.15, 0.2) is 5.13 Å². The number of carbonyl (C=O) groups excluding carboxylic acids is 1. The number of nitrogen functional groups attached to an aromatic ring is 1. The molecule has 0 radical (unpaired) electrons. The number of anilines is 2. The molecule has 94 valence electrons. The van der Waals surface area contributed by atoms with Gasteiger partial charge in [-0.3, -0.25) is 4.79 Å². The summed E-state index contributed by atoms with van der Waals surface area (Å²) in [6, 6.07) is 0. The van der Waals surface area contributed by atoms with Gasteiger partial charge in [0.1, 0.15) is 10.7 Å². The monoisotopic (exact) mass is 254 g/mol. The Morgan fingerprint density at radius 3 is 2.76 bits per heavy atom. The zero-order valence-electron chi connectivity index (χ0n) is 10.2. The van der Waals surface area contributed by atoms with Gasteiger partial charge >= 0.3 is 0 Å². The highest BCUT2D eigenvalue weighted by atomic mass is 32.1. The van der Waals surface area contributed by atoms with E-state index in [0.717, 1.165) is 18.2 Å². The van der Waals surface area contributed by atoms with Gasteiger partial charge in [-0.2, -0.15) is 0 Å². The summed E-state index contributed by atoms with van der Waals surface area (Å²) in [7, 11) is 0. The number of carbonyl (C=O) groups is 1. The molecule has 0 unspecified atom stereocenters. The van der Waals surface area contributed by atoms with Crippen molar-refractivity contribution in [3.05, 3.63) is 17.5 Å². The first-order chi connectivity index (χ1) is 8.13. The number of hydrogen-bond acceptors (Lipinski definition) is 5. The molecule has 0 saturated carbocycles. The van der Waals surface area contributed by atoms with Crippen LogP contribution >= 0.6 is 11.3 Å². The van der Waals surface area contributed by atoms with Crippen LogP contribution in [0.3, 0.4) is 0 Å². The molecule has 0 saturated heterocycles. The quantitative estimate of drug-likeness (QED) is 0.754. The van der Waals surface area contributed by atoms with E-state index in [1.807, 2.05) is 13.8 Å². The molecule has 1 heterocycles. The van der Waals surface area contributed by atoms with Crippen molar-refractivity contribution in [2.75, 3.05) is 30.3 Å². The first-order valence-electron chi connectivity index (χ1n) is 5.54. The van der Waals surface area contributed by atoms with Gasteiger partial charge in [0.25, 0.3) is 5.91 Å². The summed E-state index contributed by atoms with van der Waals surface area (Å²) in [5.41, 5.74) is 5.75. The van der Waals surface area contributed by atoms with Crippen molar-refractivity contribution < 1.29 is 4.79 Å². The molecule has 1 amide bonds. The Bertz CT molecular complexity index is 398. The average molecular weight is 254 g/mol. The van der Waals surface area contributed by atoms with Crippen molar-refractivity contribution in [2.45, 2.75) is 13.8 Å². The summed E-state index contributed by atoms with van der Waals surface area (Å²) in [5.74, 6) is 0.0942. The number of amides is 1. The van der Waals surface area contributed by atoms with E-state index >= 15 is 0 Å². The van der Waals surface area contributed by atoms with Crippen molar-refractivity contribution in [3.8, 4) is 0 Å². The summed E-state index contributed by atoms with van der Waals surface area (Å²) in [6.07, 6.45) is 1.63. The van der Waals surface area contributed by atoms with Crippen molar-refractivity contribution in [1.82, 2.24) is 10.3 Å². The van der Waals surface area contributed by atoms with Gasteiger partial charge in [0.05, 0.1) is 0 Å². The Balaban J connectivity index is 2.87. The van der Waals surface area contributed by atoms with Gasteiger partial charge in [-0.15, -0.1) is 6.58 Å². The third-order valence-corrected chi connectivity index (χ3v) is 3.42. The number of thiazole rings is 1. The molecular formula is C11H18N4OS. The minimum absolute atomic E-state index is 0.196. The maximum absolute atomic E-state index is 11.7. The van der Waals surface area contributed by atoms with E-state index < -0.39 is 0 Å². The Morgan fingerprint density at radius 2 is 2.24 bits per heavy atom. The smallest absolute Gasteiger partial charge is 0.265 e. The molecular weight excluding hydrogens is 236 g/mol. The standard InChI is InChI=1S/C11H18N4OS/c1-4-7-13-10(16)8-9(12)14-11(17-8)15(5-2)6-3/h4H,1,5-7,12H2,2-3H3,(H,13,16). The van der Waals surface area contributed by atoms with Gasteiger partial charge in [-0.05, 0) is 13.8 Å². The SMILES string of the molecule is C=CCNC(=O)c1sc(N(CC)CC)nc1N. The van der Waals surface area contributed by atoms with Crippen molar-refractivity contribution in [3.63, 3.8) is 0 Å². The number of nitrogens with two attached hydrogens (primary N) is 1. The van der Waals surface area contributed by atoms with Gasteiger partial charge in [0.2, 0.25) is 0 Å². The fourth-order valence-electron chi connectivity index (χ4n) is 1.36. The van der Waals surface area contributed by atoms with E-state index in [4.69, 9.17) is 5.73 Å². The van der Waals surface area contributed by atoms with Crippen LogP contribution in [0.4, 0.5) is 10.9 Å². The van der Waals surface area contributed by atoms with Crippen LogP contribution in [0.2, 0.25) is 0 Å². The molecule has 3 N–H and O–H groups in total. The predicted molar refractivity (Wildman–Crippen MR) is 72.6 cm³/mol. The zero-order chi connectivity index (χ0) is 12.8. The molecule has 0 aliphatic rings. The fourth-order valence-corrected chi connectivity index (χ4v) is 2.39.